The van der Waals surface area contributed by atoms with Crippen LogP contribution in [0.4, 0.5) is 0 Å². The largest absolute Gasteiger partial charge is 0.417 e. The Labute approximate surface area is 190 Å². The molecule has 0 aliphatic carbocycles. The normalized spacial score (nSPS) is 30.2. The van der Waals surface area contributed by atoms with Gasteiger partial charge in [-0.25, -0.2) is 0 Å². The van der Waals surface area contributed by atoms with Crippen LogP contribution in [0.25, 0.3) is 0 Å². The Morgan fingerprint density at radius 1 is 0.806 bits per heavy atom. The standard InChI is InChI=1S/C14H30O4Si.C9H18O3/c1-13(2,3)19(6,7)16-9-8-11-12(10-15)18-14(4,5)17-11;1-4-7-8(5-6-10)12-9(2,3)11-7/h11-12,15H,8-10H2,1-7H3;7-8,10H,4-6H2,1-3H3/t11-,12+;7-,8+/m01/s1. The predicted octanol–water partition coefficient (Wildman–Crippen LogP) is 4.21. The molecule has 2 aliphatic heterocycles. The molecule has 8 heteroatoms. The van der Waals surface area contributed by atoms with E-state index in [2.05, 4.69) is 40.8 Å². The first-order chi connectivity index (χ1) is 14.1. The second-order valence-electron chi connectivity index (χ2n) is 10.9. The lowest BCUT2D eigenvalue weighted by Gasteiger charge is -2.36. The van der Waals surface area contributed by atoms with E-state index in [0.717, 1.165) is 12.8 Å². The second-order valence-corrected chi connectivity index (χ2v) is 15.7. The summed E-state index contributed by atoms with van der Waals surface area (Å²) in [6.07, 6.45) is 2.27. The zero-order valence-electron chi connectivity index (χ0n) is 21.5. The summed E-state index contributed by atoms with van der Waals surface area (Å²) in [5.41, 5.74) is 0. The Balaban J connectivity index is 0.000000343. The van der Waals surface area contributed by atoms with Gasteiger partial charge >= 0.3 is 0 Å². The van der Waals surface area contributed by atoms with Gasteiger partial charge in [0, 0.05) is 13.2 Å². The Morgan fingerprint density at radius 2 is 1.26 bits per heavy atom. The van der Waals surface area contributed by atoms with Gasteiger partial charge in [0.25, 0.3) is 0 Å². The van der Waals surface area contributed by atoms with E-state index in [0.29, 0.717) is 13.0 Å². The van der Waals surface area contributed by atoms with Gasteiger partial charge in [-0.2, -0.15) is 0 Å². The summed E-state index contributed by atoms with van der Waals surface area (Å²) in [4.78, 5) is 0. The molecule has 0 radical (unpaired) electrons. The summed E-state index contributed by atoms with van der Waals surface area (Å²) in [6.45, 7) is 21.6. The van der Waals surface area contributed by atoms with Crippen molar-refractivity contribution in [2.75, 3.05) is 19.8 Å². The van der Waals surface area contributed by atoms with E-state index in [1.54, 1.807) is 0 Å². The first-order valence-corrected chi connectivity index (χ1v) is 14.5. The average molecular weight is 465 g/mol. The summed E-state index contributed by atoms with van der Waals surface area (Å²) in [6, 6.07) is 0. The highest BCUT2D eigenvalue weighted by atomic mass is 28.4. The van der Waals surface area contributed by atoms with Crippen molar-refractivity contribution < 1.29 is 33.6 Å². The number of aliphatic hydroxyl groups excluding tert-OH is 2. The van der Waals surface area contributed by atoms with E-state index in [-0.39, 0.29) is 42.7 Å². The smallest absolute Gasteiger partial charge is 0.191 e. The fraction of sp³-hybridized carbons (Fsp3) is 1.00. The second kappa shape index (κ2) is 11.4. The van der Waals surface area contributed by atoms with Gasteiger partial charge in [-0.05, 0) is 65.1 Å². The molecule has 7 nitrogen and oxygen atoms in total. The first-order valence-electron chi connectivity index (χ1n) is 11.6. The minimum Gasteiger partial charge on any atom is -0.417 e. The lowest BCUT2D eigenvalue weighted by molar-refractivity contribution is -0.149. The van der Waals surface area contributed by atoms with E-state index in [1.165, 1.54) is 0 Å². The molecule has 2 fully saturated rings. The van der Waals surface area contributed by atoms with Crippen molar-refractivity contribution in [3.05, 3.63) is 0 Å². The lowest BCUT2D eigenvalue weighted by atomic mass is 10.1. The third-order valence-corrected chi connectivity index (χ3v) is 10.8. The maximum Gasteiger partial charge on any atom is 0.191 e. The molecule has 186 valence electrons. The average Bonchev–Trinajstić information content (AvgIpc) is 3.08. The third kappa shape index (κ3) is 9.01. The molecule has 0 aromatic rings. The van der Waals surface area contributed by atoms with E-state index in [1.807, 2.05) is 27.7 Å². The number of hydrogen-bond donors (Lipinski definition) is 2. The molecule has 0 unspecified atom stereocenters. The van der Waals surface area contributed by atoms with Crippen molar-refractivity contribution >= 4 is 8.32 Å². The van der Waals surface area contributed by atoms with Crippen molar-refractivity contribution in [3.8, 4) is 0 Å². The molecule has 0 aromatic carbocycles. The molecule has 2 aliphatic rings. The third-order valence-electron chi connectivity index (χ3n) is 6.24. The fourth-order valence-electron chi connectivity index (χ4n) is 3.58. The highest BCUT2D eigenvalue weighted by Gasteiger charge is 2.42. The van der Waals surface area contributed by atoms with Crippen molar-refractivity contribution in [1.82, 2.24) is 0 Å². The molecule has 2 heterocycles. The molecule has 2 saturated heterocycles. The Hall–Kier alpha value is -0.0631. The number of hydrogen-bond acceptors (Lipinski definition) is 7. The van der Waals surface area contributed by atoms with Crippen LogP contribution < -0.4 is 0 Å². The molecule has 0 bridgehead atoms. The van der Waals surface area contributed by atoms with Crippen molar-refractivity contribution in [3.63, 3.8) is 0 Å². The van der Waals surface area contributed by atoms with Gasteiger partial charge < -0.3 is 33.6 Å². The quantitative estimate of drug-likeness (QED) is 0.520. The van der Waals surface area contributed by atoms with Crippen LogP contribution in [0.2, 0.25) is 18.1 Å². The van der Waals surface area contributed by atoms with Gasteiger partial charge in [0.2, 0.25) is 0 Å². The van der Waals surface area contributed by atoms with Gasteiger partial charge in [0.15, 0.2) is 19.9 Å². The zero-order chi connectivity index (χ0) is 24.1. The number of rotatable bonds is 8. The zero-order valence-corrected chi connectivity index (χ0v) is 22.5. The molecule has 2 rings (SSSR count). The first kappa shape index (κ1) is 29.0. The van der Waals surface area contributed by atoms with Crippen LogP contribution >= 0.6 is 0 Å². The summed E-state index contributed by atoms with van der Waals surface area (Å²) in [7, 11) is -1.70. The maximum atomic E-state index is 9.32. The summed E-state index contributed by atoms with van der Waals surface area (Å²) in [5.74, 6) is -1.07. The summed E-state index contributed by atoms with van der Waals surface area (Å²) >= 11 is 0. The van der Waals surface area contributed by atoms with E-state index >= 15 is 0 Å². The molecule has 4 atom stereocenters. The van der Waals surface area contributed by atoms with Crippen molar-refractivity contribution in [2.45, 2.75) is 129 Å². The molecule has 2 N–H and O–H groups in total. The van der Waals surface area contributed by atoms with Crippen LogP contribution in [-0.4, -0.2) is 74.3 Å². The molecule has 0 saturated carbocycles. The Kier molecular flexibility index (Phi) is 10.6. The SMILES string of the molecule is CC1(C)O[C@@H](CCO[Si](C)(C)C(C)(C)C)[C@@H](CO)O1.CC[C@H]1OC(C)(C)O[C@H]1CCO. The van der Waals surface area contributed by atoms with Crippen LogP contribution in [0.1, 0.15) is 74.7 Å². The van der Waals surface area contributed by atoms with Crippen LogP contribution in [0, 0.1) is 0 Å². The van der Waals surface area contributed by atoms with Crippen LogP contribution in [-0.2, 0) is 23.4 Å². The Morgan fingerprint density at radius 3 is 1.68 bits per heavy atom. The van der Waals surface area contributed by atoms with Gasteiger partial charge in [-0.3, -0.25) is 0 Å². The highest BCUT2D eigenvalue weighted by Crippen LogP contribution is 2.37. The van der Waals surface area contributed by atoms with Crippen LogP contribution in [0.5, 0.6) is 0 Å². The molecule has 0 aromatic heterocycles. The van der Waals surface area contributed by atoms with Crippen LogP contribution in [0.15, 0.2) is 0 Å². The lowest BCUT2D eigenvalue weighted by Crippen LogP contribution is -2.41. The van der Waals surface area contributed by atoms with Gasteiger partial charge in [-0.1, -0.05) is 27.7 Å². The summed E-state index contributed by atoms with van der Waals surface area (Å²) in [5, 5.41) is 18.3. The number of ether oxygens (including phenoxy) is 4. The highest BCUT2D eigenvalue weighted by molar-refractivity contribution is 6.74. The topological polar surface area (TPSA) is 86.6 Å². The van der Waals surface area contributed by atoms with E-state index < -0.39 is 19.9 Å². The van der Waals surface area contributed by atoms with Gasteiger partial charge in [-0.15, -0.1) is 0 Å². The van der Waals surface area contributed by atoms with E-state index in [4.69, 9.17) is 28.5 Å². The maximum absolute atomic E-state index is 9.32. The molecular weight excluding hydrogens is 416 g/mol. The minimum atomic E-state index is -1.70. The van der Waals surface area contributed by atoms with Gasteiger partial charge in [0.1, 0.15) is 6.10 Å². The van der Waals surface area contributed by atoms with Crippen molar-refractivity contribution in [1.29, 1.82) is 0 Å². The monoisotopic (exact) mass is 464 g/mol. The fourth-order valence-corrected chi connectivity index (χ4v) is 4.64. The van der Waals surface area contributed by atoms with Crippen molar-refractivity contribution in [2.24, 2.45) is 0 Å². The molecular formula is C23H48O7Si. The van der Waals surface area contributed by atoms with Crippen LogP contribution in [0.3, 0.4) is 0 Å². The minimum absolute atomic E-state index is 0.00576. The molecule has 31 heavy (non-hydrogen) atoms. The predicted molar refractivity (Wildman–Crippen MR) is 124 cm³/mol. The molecule has 0 spiro atoms. The molecule has 0 amide bonds. The Bertz CT molecular complexity index is 531. The number of aliphatic hydroxyl groups is 2. The summed E-state index contributed by atoms with van der Waals surface area (Å²) < 4.78 is 28.8. The van der Waals surface area contributed by atoms with E-state index in [9.17, 15) is 5.11 Å². The van der Waals surface area contributed by atoms with Gasteiger partial charge in [0.05, 0.1) is 24.9 Å².